The maximum Gasteiger partial charge on any atom is 0.256 e. The number of rotatable bonds is 3. The van der Waals surface area contributed by atoms with Gasteiger partial charge < -0.3 is 15.1 Å². The van der Waals surface area contributed by atoms with Crippen LogP contribution in [0.3, 0.4) is 0 Å². The van der Waals surface area contributed by atoms with Gasteiger partial charge in [-0.3, -0.25) is 9.59 Å². The minimum absolute atomic E-state index is 0. The van der Waals surface area contributed by atoms with Crippen molar-refractivity contribution >= 4 is 24.2 Å². The van der Waals surface area contributed by atoms with Crippen molar-refractivity contribution in [2.75, 3.05) is 39.3 Å². The van der Waals surface area contributed by atoms with Crippen molar-refractivity contribution in [1.82, 2.24) is 15.1 Å². The number of nitrogens with one attached hydrogen (secondary N) is 1. The van der Waals surface area contributed by atoms with Gasteiger partial charge in [0.05, 0.1) is 5.56 Å². The van der Waals surface area contributed by atoms with Crippen LogP contribution < -0.4 is 5.32 Å². The third-order valence-corrected chi connectivity index (χ3v) is 5.11. The van der Waals surface area contributed by atoms with Crippen LogP contribution in [0.5, 0.6) is 0 Å². The Balaban J connectivity index is 0.00000225. The first-order valence-corrected chi connectivity index (χ1v) is 8.61. The summed E-state index contributed by atoms with van der Waals surface area (Å²) < 4.78 is 13.8. The van der Waals surface area contributed by atoms with Gasteiger partial charge in [-0.25, -0.2) is 4.39 Å². The molecule has 0 radical (unpaired) electrons. The van der Waals surface area contributed by atoms with Gasteiger partial charge in [0.2, 0.25) is 5.91 Å². The Hall–Kier alpha value is -1.66. The van der Waals surface area contributed by atoms with Crippen molar-refractivity contribution in [3.8, 4) is 0 Å². The molecule has 2 fully saturated rings. The van der Waals surface area contributed by atoms with Crippen LogP contribution in [0.15, 0.2) is 24.3 Å². The number of benzene rings is 1. The van der Waals surface area contributed by atoms with E-state index in [4.69, 9.17) is 0 Å². The van der Waals surface area contributed by atoms with Crippen molar-refractivity contribution < 1.29 is 14.0 Å². The summed E-state index contributed by atoms with van der Waals surface area (Å²) in [7, 11) is 0. The summed E-state index contributed by atoms with van der Waals surface area (Å²) in [6.07, 6.45) is 0.724. The van der Waals surface area contributed by atoms with Gasteiger partial charge in [-0.05, 0) is 37.6 Å². The molecule has 0 aromatic heterocycles. The summed E-state index contributed by atoms with van der Waals surface area (Å²) in [5, 5.41) is 3.20. The molecule has 2 amide bonds. The Kier molecular flexibility index (Phi) is 6.79. The number of carbonyl (C=O) groups is 2. The molecule has 1 atom stereocenters. The summed E-state index contributed by atoms with van der Waals surface area (Å²) in [4.78, 5) is 28.7. The van der Waals surface area contributed by atoms with E-state index in [0.29, 0.717) is 32.1 Å². The quantitative estimate of drug-likeness (QED) is 0.883. The molecule has 1 N–H and O–H groups in total. The van der Waals surface area contributed by atoms with Gasteiger partial charge in [0, 0.05) is 32.1 Å². The highest BCUT2D eigenvalue weighted by molar-refractivity contribution is 5.94. The molecule has 25 heavy (non-hydrogen) atoms. The molecule has 2 aliphatic rings. The molecule has 0 saturated carbocycles. The number of nitrogens with zero attached hydrogens (tertiary/aromatic N) is 2. The second-order valence-electron chi connectivity index (χ2n) is 6.66. The Labute approximate surface area is 154 Å². The molecule has 1 unspecified atom stereocenters. The molecule has 7 heteroatoms. The van der Waals surface area contributed by atoms with E-state index < -0.39 is 5.82 Å². The number of carbonyl (C=O) groups excluding carboxylic acids is 2. The SMILES string of the molecule is CC(C(=O)N1CCCN(C(=O)c2ccccc2F)CC1)C1CNC1.Cl. The van der Waals surface area contributed by atoms with Crippen LogP contribution in [0.2, 0.25) is 0 Å². The van der Waals surface area contributed by atoms with Gasteiger partial charge in [-0.2, -0.15) is 0 Å². The van der Waals surface area contributed by atoms with E-state index in [1.807, 2.05) is 11.8 Å². The first-order chi connectivity index (χ1) is 11.6. The Morgan fingerprint density at radius 2 is 1.76 bits per heavy atom. The lowest BCUT2D eigenvalue weighted by atomic mass is 9.88. The molecule has 3 rings (SSSR count). The number of hydrogen-bond acceptors (Lipinski definition) is 3. The van der Waals surface area contributed by atoms with Crippen LogP contribution in [0.1, 0.15) is 23.7 Å². The molecular formula is C18H25ClFN3O2. The Bertz CT molecular complexity index is 624. The fourth-order valence-corrected chi connectivity index (χ4v) is 3.30. The number of amides is 2. The zero-order valence-corrected chi connectivity index (χ0v) is 15.2. The molecular weight excluding hydrogens is 345 g/mol. The monoisotopic (exact) mass is 369 g/mol. The van der Waals surface area contributed by atoms with Crippen LogP contribution in [0, 0.1) is 17.7 Å². The number of halogens is 2. The van der Waals surface area contributed by atoms with Crippen LogP contribution in [0.25, 0.3) is 0 Å². The minimum atomic E-state index is -0.495. The van der Waals surface area contributed by atoms with Crippen molar-refractivity contribution in [3.05, 3.63) is 35.6 Å². The smallest absolute Gasteiger partial charge is 0.256 e. The second kappa shape index (κ2) is 8.63. The average molecular weight is 370 g/mol. The summed E-state index contributed by atoms with van der Waals surface area (Å²) >= 11 is 0. The van der Waals surface area contributed by atoms with Crippen LogP contribution in [0.4, 0.5) is 4.39 Å². The first kappa shape index (κ1) is 19.7. The fourth-order valence-electron chi connectivity index (χ4n) is 3.30. The topological polar surface area (TPSA) is 52.7 Å². The molecule has 0 spiro atoms. The van der Waals surface area contributed by atoms with E-state index in [1.165, 1.54) is 12.1 Å². The molecule has 2 saturated heterocycles. The Morgan fingerprint density at radius 1 is 1.12 bits per heavy atom. The summed E-state index contributed by atoms with van der Waals surface area (Å²) in [6, 6.07) is 6.05. The second-order valence-corrected chi connectivity index (χ2v) is 6.66. The van der Waals surface area contributed by atoms with E-state index in [1.54, 1.807) is 17.0 Å². The normalized spacial score (nSPS) is 19.4. The van der Waals surface area contributed by atoms with E-state index in [2.05, 4.69) is 5.32 Å². The van der Waals surface area contributed by atoms with E-state index in [-0.39, 0.29) is 35.7 Å². The highest BCUT2D eigenvalue weighted by atomic mass is 35.5. The maximum absolute atomic E-state index is 13.8. The van der Waals surface area contributed by atoms with Crippen LogP contribution in [-0.4, -0.2) is 60.9 Å². The first-order valence-electron chi connectivity index (χ1n) is 8.61. The summed E-state index contributed by atoms with van der Waals surface area (Å²) in [5.41, 5.74) is 0.103. The van der Waals surface area contributed by atoms with Gasteiger partial charge in [0.1, 0.15) is 5.82 Å². The van der Waals surface area contributed by atoms with E-state index in [9.17, 15) is 14.0 Å². The number of hydrogen-bond donors (Lipinski definition) is 1. The molecule has 1 aromatic carbocycles. The largest absolute Gasteiger partial charge is 0.341 e. The van der Waals surface area contributed by atoms with Gasteiger partial charge in [-0.1, -0.05) is 19.1 Å². The van der Waals surface area contributed by atoms with Gasteiger partial charge in [0.25, 0.3) is 5.91 Å². The maximum atomic E-state index is 13.8. The lowest BCUT2D eigenvalue weighted by molar-refractivity contribution is -0.137. The predicted molar refractivity (Wildman–Crippen MR) is 96.3 cm³/mol. The molecule has 2 aliphatic heterocycles. The molecule has 138 valence electrons. The third kappa shape index (κ3) is 4.30. The highest BCUT2D eigenvalue weighted by Crippen LogP contribution is 2.20. The zero-order chi connectivity index (χ0) is 17.1. The van der Waals surface area contributed by atoms with Crippen LogP contribution >= 0.6 is 12.4 Å². The molecule has 0 bridgehead atoms. The summed E-state index contributed by atoms with van der Waals surface area (Å²) in [5.74, 6) is -0.192. The minimum Gasteiger partial charge on any atom is -0.341 e. The van der Waals surface area contributed by atoms with Crippen molar-refractivity contribution in [1.29, 1.82) is 0 Å². The zero-order valence-electron chi connectivity index (χ0n) is 14.4. The van der Waals surface area contributed by atoms with Crippen molar-refractivity contribution in [2.24, 2.45) is 11.8 Å². The fraction of sp³-hybridized carbons (Fsp3) is 0.556. The van der Waals surface area contributed by atoms with E-state index >= 15 is 0 Å². The van der Waals surface area contributed by atoms with Gasteiger partial charge in [0.15, 0.2) is 0 Å². The van der Waals surface area contributed by atoms with Crippen molar-refractivity contribution in [3.63, 3.8) is 0 Å². The summed E-state index contributed by atoms with van der Waals surface area (Å²) in [6.45, 7) is 5.97. The van der Waals surface area contributed by atoms with Gasteiger partial charge >= 0.3 is 0 Å². The molecule has 0 aliphatic carbocycles. The average Bonchev–Trinajstić information content (AvgIpc) is 2.78. The Morgan fingerprint density at radius 3 is 2.40 bits per heavy atom. The lowest BCUT2D eigenvalue weighted by Crippen LogP contribution is -2.51. The lowest BCUT2D eigenvalue weighted by Gasteiger charge is -2.34. The molecule has 1 aromatic rings. The van der Waals surface area contributed by atoms with Crippen molar-refractivity contribution in [2.45, 2.75) is 13.3 Å². The highest BCUT2D eigenvalue weighted by Gasteiger charge is 2.32. The standard InChI is InChI=1S/C18H24FN3O2.ClH/c1-13(14-11-20-12-14)17(23)21-7-4-8-22(10-9-21)18(24)15-5-2-3-6-16(15)19;/h2-3,5-6,13-14,20H,4,7-12H2,1H3;1H. The molecule has 2 heterocycles. The third-order valence-electron chi connectivity index (χ3n) is 5.11. The van der Waals surface area contributed by atoms with Gasteiger partial charge in [-0.15, -0.1) is 12.4 Å². The predicted octanol–water partition coefficient (Wildman–Crippen LogP) is 1.78. The molecule has 5 nitrogen and oxygen atoms in total. The van der Waals surface area contributed by atoms with Crippen LogP contribution in [-0.2, 0) is 4.79 Å². The van der Waals surface area contributed by atoms with E-state index in [0.717, 1.165) is 19.5 Å².